The third-order valence-electron chi connectivity index (χ3n) is 1.02. The lowest BCUT2D eigenvalue weighted by Crippen LogP contribution is -1.97. The molecule has 0 aliphatic heterocycles. The van der Waals surface area contributed by atoms with Crippen molar-refractivity contribution in [1.82, 2.24) is 0 Å². The van der Waals surface area contributed by atoms with E-state index < -0.39 is 6.72 Å². The SMILES string of the molecule is CCCCOP(N)(=O)SC. The highest BCUT2D eigenvalue weighted by Gasteiger charge is 2.12. The third kappa shape index (κ3) is 5.30. The van der Waals surface area contributed by atoms with Crippen molar-refractivity contribution in [2.75, 3.05) is 12.9 Å². The molecule has 0 aromatic heterocycles. The van der Waals surface area contributed by atoms with Gasteiger partial charge in [0.05, 0.1) is 6.61 Å². The zero-order chi connectivity index (χ0) is 8.04. The molecule has 1 atom stereocenters. The van der Waals surface area contributed by atoms with Crippen LogP contribution in [0.4, 0.5) is 0 Å². The molecule has 0 aromatic carbocycles. The van der Waals surface area contributed by atoms with Crippen molar-refractivity contribution >= 4 is 18.1 Å². The zero-order valence-corrected chi connectivity index (χ0v) is 8.08. The van der Waals surface area contributed by atoms with E-state index in [1.807, 2.05) is 6.92 Å². The minimum atomic E-state index is -2.79. The molecule has 0 radical (unpaired) electrons. The number of hydrogen-bond acceptors (Lipinski definition) is 3. The van der Waals surface area contributed by atoms with Crippen LogP contribution in [0.25, 0.3) is 0 Å². The predicted octanol–water partition coefficient (Wildman–Crippen LogP) is 2.23. The molecule has 5 heteroatoms. The fourth-order valence-corrected chi connectivity index (χ4v) is 1.42. The highest BCUT2D eigenvalue weighted by atomic mass is 32.7. The molecule has 0 rings (SSSR count). The van der Waals surface area contributed by atoms with Crippen LogP contribution in [-0.4, -0.2) is 12.9 Å². The Kier molecular flexibility index (Phi) is 5.45. The molecular weight excluding hydrogens is 169 g/mol. The zero-order valence-electron chi connectivity index (χ0n) is 6.37. The van der Waals surface area contributed by atoms with E-state index in [1.54, 1.807) is 6.26 Å². The Bertz CT molecular complexity index is 131. The van der Waals surface area contributed by atoms with Crippen molar-refractivity contribution in [1.29, 1.82) is 0 Å². The molecule has 0 spiro atoms. The topological polar surface area (TPSA) is 52.3 Å². The summed E-state index contributed by atoms with van der Waals surface area (Å²) in [7, 11) is 0. The van der Waals surface area contributed by atoms with Crippen molar-refractivity contribution in [3.8, 4) is 0 Å². The van der Waals surface area contributed by atoms with Gasteiger partial charge in [0.2, 0.25) is 0 Å². The Morgan fingerprint density at radius 2 is 2.30 bits per heavy atom. The first kappa shape index (κ1) is 10.5. The summed E-state index contributed by atoms with van der Waals surface area (Å²) in [5, 5.41) is 0. The van der Waals surface area contributed by atoms with Crippen LogP contribution in [0, 0.1) is 0 Å². The summed E-state index contributed by atoms with van der Waals surface area (Å²) in [6.45, 7) is -0.236. The molecule has 0 bridgehead atoms. The maximum absolute atomic E-state index is 11.0. The van der Waals surface area contributed by atoms with Crippen LogP contribution in [-0.2, 0) is 9.09 Å². The summed E-state index contributed by atoms with van der Waals surface area (Å²) >= 11 is 1.09. The van der Waals surface area contributed by atoms with Gasteiger partial charge in [-0.1, -0.05) is 24.7 Å². The highest BCUT2D eigenvalue weighted by Crippen LogP contribution is 2.50. The maximum Gasteiger partial charge on any atom is 0.323 e. The van der Waals surface area contributed by atoms with Crippen LogP contribution in [0.2, 0.25) is 0 Å². The summed E-state index contributed by atoms with van der Waals surface area (Å²) in [5.74, 6) is 0. The van der Waals surface area contributed by atoms with Gasteiger partial charge in [-0.15, -0.1) is 0 Å². The number of hydrogen-bond donors (Lipinski definition) is 1. The first-order valence-electron chi connectivity index (χ1n) is 3.21. The van der Waals surface area contributed by atoms with E-state index in [0.29, 0.717) is 6.61 Å². The van der Waals surface area contributed by atoms with E-state index in [0.717, 1.165) is 24.2 Å². The molecule has 10 heavy (non-hydrogen) atoms. The second kappa shape index (κ2) is 5.19. The van der Waals surface area contributed by atoms with Gasteiger partial charge in [-0.25, -0.2) is 0 Å². The Hall–Kier alpha value is 0.500. The van der Waals surface area contributed by atoms with Crippen LogP contribution >= 0.6 is 18.1 Å². The fraction of sp³-hybridized carbons (Fsp3) is 1.00. The van der Waals surface area contributed by atoms with Crippen molar-refractivity contribution in [3.05, 3.63) is 0 Å². The summed E-state index contributed by atoms with van der Waals surface area (Å²) in [6.07, 6.45) is 3.64. The van der Waals surface area contributed by atoms with Crippen LogP contribution < -0.4 is 5.50 Å². The molecule has 2 N–H and O–H groups in total. The lowest BCUT2D eigenvalue weighted by atomic mass is 10.4. The summed E-state index contributed by atoms with van der Waals surface area (Å²) in [4.78, 5) is 0. The van der Waals surface area contributed by atoms with Gasteiger partial charge in [0.25, 0.3) is 0 Å². The van der Waals surface area contributed by atoms with Crippen LogP contribution in [0.1, 0.15) is 19.8 Å². The molecule has 0 saturated carbocycles. The Labute approximate surface area is 66.0 Å². The van der Waals surface area contributed by atoms with E-state index in [9.17, 15) is 4.57 Å². The molecule has 0 saturated heterocycles. The quantitative estimate of drug-likeness (QED) is 0.524. The molecule has 62 valence electrons. The molecule has 3 nitrogen and oxygen atoms in total. The highest BCUT2D eigenvalue weighted by molar-refractivity contribution is 8.55. The Morgan fingerprint density at radius 1 is 1.70 bits per heavy atom. The van der Waals surface area contributed by atoms with Crippen LogP contribution in [0.3, 0.4) is 0 Å². The predicted molar refractivity (Wildman–Crippen MR) is 46.2 cm³/mol. The monoisotopic (exact) mass is 183 g/mol. The van der Waals surface area contributed by atoms with Crippen LogP contribution in [0.5, 0.6) is 0 Å². The van der Waals surface area contributed by atoms with Gasteiger partial charge in [-0.05, 0) is 12.7 Å². The molecule has 0 aliphatic rings. The summed E-state index contributed by atoms with van der Waals surface area (Å²) in [5.41, 5.74) is 5.25. The van der Waals surface area contributed by atoms with Crippen molar-refractivity contribution in [2.45, 2.75) is 19.8 Å². The van der Waals surface area contributed by atoms with E-state index >= 15 is 0 Å². The number of rotatable bonds is 5. The first-order valence-corrected chi connectivity index (χ1v) is 6.73. The Balaban J connectivity index is 3.38. The van der Waals surface area contributed by atoms with Gasteiger partial charge >= 0.3 is 6.72 Å². The average Bonchev–Trinajstić information content (AvgIpc) is 1.89. The molecule has 0 aromatic rings. The van der Waals surface area contributed by atoms with Gasteiger partial charge in [0, 0.05) is 0 Å². The second-order valence-electron chi connectivity index (χ2n) is 1.91. The van der Waals surface area contributed by atoms with E-state index in [1.165, 1.54) is 0 Å². The fourth-order valence-electron chi connectivity index (χ4n) is 0.389. The third-order valence-corrected chi connectivity index (χ3v) is 3.92. The summed E-state index contributed by atoms with van der Waals surface area (Å²) < 4.78 is 15.9. The lowest BCUT2D eigenvalue weighted by molar-refractivity contribution is 0.317. The number of nitrogens with two attached hydrogens (primary N) is 1. The van der Waals surface area contributed by atoms with Crippen LogP contribution in [0.15, 0.2) is 0 Å². The van der Waals surface area contributed by atoms with E-state index in [2.05, 4.69) is 0 Å². The minimum Gasteiger partial charge on any atom is -0.310 e. The van der Waals surface area contributed by atoms with Gasteiger partial charge in [-0.3, -0.25) is 10.1 Å². The number of unbranched alkanes of at least 4 members (excludes halogenated alkanes) is 1. The first-order chi connectivity index (χ1) is 4.62. The van der Waals surface area contributed by atoms with Gasteiger partial charge < -0.3 is 4.52 Å². The maximum atomic E-state index is 11.0. The van der Waals surface area contributed by atoms with Gasteiger partial charge in [0.1, 0.15) is 0 Å². The molecule has 0 amide bonds. The Morgan fingerprint density at radius 3 is 2.70 bits per heavy atom. The molecule has 0 fully saturated rings. The smallest absolute Gasteiger partial charge is 0.310 e. The largest absolute Gasteiger partial charge is 0.323 e. The molecule has 1 unspecified atom stereocenters. The lowest BCUT2D eigenvalue weighted by Gasteiger charge is -2.08. The van der Waals surface area contributed by atoms with Gasteiger partial charge in [-0.2, -0.15) is 0 Å². The molecule has 0 aliphatic carbocycles. The van der Waals surface area contributed by atoms with Crippen molar-refractivity contribution in [3.63, 3.8) is 0 Å². The normalized spacial score (nSPS) is 16.7. The van der Waals surface area contributed by atoms with E-state index in [-0.39, 0.29) is 0 Å². The molecular formula is C5H14NO2PS. The van der Waals surface area contributed by atoms with Crippen molar-refractivity contribution in [2.24, 2.45) is 5.50 Å². The average molecular weight is 183 g/mol. The van der Waals surface area contributed by atoms with Crippen molar-refractivity contribution < 1.29 is 9.09 Å². The second-order valence-corrected chi connectivity index (χ2v) is 6.23. The standard InChI is InChI=1S/C5H14NO2PS/c1-3-4-5-8-9(6,7)10-2/h3-5H2,1-2H3,(H2,6,7). The van der Waals surface area contributed by atoms with E-state index in [4.69, 9.17) is 10.0 Å². The minimum absolute atomic E-state index is 0.505. The molecule has 0 heterocycles. The van der Waals surface area contributed by atoms with Gasteiger partial charge in [0.15, 0.2) is 0 Å². The summed E-state index contributed by atoms with van der Waals surface area (Å²) in [6, 6.07) is 0.